The van der Waals surface area contributed by atoms with Gasteiger partial charge in [-0.3, -0.25) is 0 Å². The Bertz CT molecular complexity index is 1050. The molecular formula is C20H21FN4O4. The molecule has 29 heavy (non-hydrogen) atoms. The minimum Gasteiger partial charge on any atom is -0.497 e. The predicted molar refractivity (Wildman–Crippen MR) is 102 cm³/mol. The molecule has 1 spiro atoms. The number of benzene rings is 1. The van der Waals surface area contributed by atoms with Gasteiger partial charge in [0.05, 0.1) is 25.9 Å². The van der Waals surface area contributed by atoms with Gasteiger partial charge >= 0.3 is 0 Å². The molecule has 0 unspecified atom stereocenters. The number of aromatic nitrogens is 3. The molecule has 3 aromatic rings. The van der Waals surface area contributed by atoms with Crippen molar-refractivity contribution in [1.29, 1.82) is 0 Å². The van der Waals surface area contributed by atoms with Crippen molar-refractivity contribution in [3.63, 3.8) is 0 Å². The van der Waals surface area contributed by atoms with Crippen LogP contribution in [0.5, 0.6) is 5.75 Å². The van der Waals surface area contributed by atoms with Crippen LogP contribution in [0.15, 0.2) is 22.7 Å². The van der Waals surface area contributed by atoms with Crippen molar-refractivity contribution in [2.24, 2.45) is 0 Å². The lowest BCUT2D eigenvalue weighted by Gasteiger charge is -2.38. The molecule has 2 aliphatic rings. The minimum absolute atomic E-state index is 0.273. The zero-order valence-electron chi connectivity index (χ0n) is 16.3. The summed E-state index contributed by atoms with van der Waals surface area (Å²) in [7, 11) is 1.50. The molecule has 2 aromatic heterocycles. The molecule has 0 atom stereocenters. The Morgan fingerprint density at radius 3 is 2.52 bits per heavy atom. The van der Waals surface area contributed by atoms with E-state index in [9.17, 15) is 4.39 Å². The molecule has 152 valence electrons. The average Bonchev–Trinajstić information content (AvgIpc) is 3.37. The molecule has 0 N–H and O–H groups in total. The zero-order valence-corrected chi connectivity index (χ0v) is 16.3. The van der Waals surface area contributed by atoms with Crippen LogP contribution in [0.4, 0.5) is 10.2 Å². The molecule has 0 radical (unpaired) electrons. The van der Waals surface area contributed by atoms with E-state index in [1.54, 1.807) is 13.0 Å². The van der Waals surface area contributed by atoms with Gasteiger partial charge in [0, 0.05) is 37.4 Å². The molecule has 4 heterocycles. The van der Waals surface area contributed by atoms with Gasteiger partial charge in [-0.05, 0) is 19.1 Å². The SMILES string of the molecule is COc1cc(F)c2nc(N3CCC4(CC3)OCCO4)c(-c3nc(C)no3)cc2c1. The fourth-order valence-electron chi connectivity index (χ4n) is 3.98. The molecule has 9 heteroatoms. The third-order valence-electron chi connectivity index (χ3n) is 5.46. The molecule has 2 saturated heterocycles. The lowest BCUT2D eigenvalue weighted by atomic mass is 10.0. The van der Waals surface area contributed by atoms with Gasteiger partial charge in [0.25, 0.3) is 5.89 Å². The van der Waals surface area contributed by atoms with Crippen LogP contribution in [0.2, 0.25) is 0 Å². The number of fused-ring (bicyclic) bond motifs is 1. The third kappa shape index (κ3) is 3.20. The summed E-state index contributed by atoms with van der Waals surface area (Å²) in [5.74, 6) is 0.959. The van der Waals surface area contributed by atoms with Gasteiger partial charge in [-0.2, -0.15) is 4.98 Å². The Hall–Kier alpha value is -2.78. The number of halogens is 1. The largest absolute Gasteiger partial charge is 0.497 e. The maximum atomic E-state index is 14.7. The van der Waals surface area contributed by atoms with E-state index in [0.717, 1.165) is 0 Å². The van der Waals surface area contributed by atoms with Gasteiger partial charge in [0.1, 0.15) is 17.1 Å². The average molecular weight is 400 g/mol. The second-order valence-electron chi connectivity index (χ2n) is 7.28. The summed E-state index contributed by atoms with van der Waals surface area (Å²) in [6.07, 6.45) is 1.42. The number of ether oxygens (including phenoxy) is 3. The summed E-state index contributed by atoms with van der Waals surface area (Å²) >= 11 is 0. The van der Waals surface area contributed by atoms with E-state index in [0.29, 0.717) is 73.4 Å². The number of hydrogen-bond acceptors (Lipinski definition) is 8. The van der Waals surface area contributed by atoms with E-state index < -0.39 is 11.6 Å². The van der Waals surface area contributed by atoms with Crippen LogP contribution in [-0.4, -0.2) is 54.3 Å². The first-order valence-corrected chi connectivity index (χ1v) is 9.59. The molecule has 2 fully saturated rings. The third-order valence-corrected chi connectivity index (χ3v) is 5.46. The van der Waals surface area contributed by atoms with Crippen LogP contribution in [0.25, 0.3) is 22.4 Å². The normalized spacial score (nSPS) is 18.7. The first-order valence-electron chi connectivity index (χ1n) is 9.59. The number of pyridine rings is 1. The molecule has 5 rings (SSSR count). The molecular weight excluding hydrogens is 379 g/mol. The van der Waals surface area contributed by atoms with Crippen molar-refractivity contribution in [3.8, 4) is 17.2 Å². The molecule has 1 aromatic carbocycles. The van der Waals surface area contributed by atoms with Crippen molar-refractivity contribution >= 4 is 16.7 Å². The number of nitrogens with zero attached hydrogens (tertiary/aromatic N) is 4. The minimum atomic E-state index is -0.507. The highest BCUT2D eigenvalue weighted by atomic mass is 19.1. The fourth-order valence-corrected chi connectivity index (χ4v) is 3.98. The summed E-state index contributed by atoms with van der Waals surface area (Å²) in [4.78, 5) is 11.1. The van der Waals surface area contributed by atoms with Gasteiger partial charge in [0.15, 0.2) is 17.4 Å². The first-order chi connectivity index (χ1) is 14.1. The molecule has 8 nitrogen and oxygen atoms in total. The monoisotopic (exact) mass is 400 g/mol. The van der Waals surface area contributed by atoms with Crippen LogP contribution >= 0.6 is 0 Å². The van der Waals surface area contributed by atoms with Crippen molar-refractivity contribution in [3.05, 3.63) is 29.8 Å². The number of anilines is 1. The van der Waals surface area contributed by atoms with Crippen LogP contribution in [0.3, 0.4) is 0 Å². The number of hydrogen-bond donors (Lipinski definition) is 0. The standard InChI is InChI=1S/C20H21FN4O4/c1-12-22-19(29-24-12)15-10-13-9-14(26-2)11-16(21)17(13)23-18(15)25-5-3-20(4-6-25)27-7-8-28-20/h9-11H,3-8H2,1-2H3. The molecule has 0 amide bonds. The van der Waals surface area contributed by atoms with E-state index in [2.05, 4.69) is 20.0 Å². The van der Waals surface area contributed by atoms with Gasteiger partial charge in [-0.25, -0.2) is 9.37 Å². The molecule has 0 bridgehead atoms. The van der Waals surface area contributed by atoms with Crippen molar-refractivity contribution in [1.82, 2.24) is 15.1 Å². The molecule has 2 aliphatic heterocycles. The van der Waals surface area contributed by atoms with Crippen LogP contribution in [-0.2, 0) is 9.47 Å². The number of piperidine rings is 1. The van der Waals surface area contributed by atoms with Crippen LogP contribution in [0.1, 0.15) is 18.7 Å². The lowest BCUT2D eigenvalue weighted by Crippen LogP contribution is -2.45. The number of methoxy groups -OCH3 is 1. The maximum absolute atomic E-state index is 14.7. The van der Waals surface area contributed by atoms with Crippen molar-refractivity contribution in [2.75, 3.05) is 38.3 Å². The van der Waals surface area contributed by atoms with E-state index in [1.165, 1.54) is 13.2 Å². The number of aryl methyl sites for hydroxylation is 1. The van der Waals surface area contributed by atoms with Crippen LogP contribution < -0.4 is 9.64 Å². The quantitative estimate of drug-likeness (QED) is 0.663. The summed E-state index contributed by atoms with van der Waals surface area (Å²) in [5.41, 5.74) is 0.935. The van der Waals surface area contributed by atoms with E-state index in [4.69, 9.17) is 18.7 Å². The summed E-state index contributed by atoms with van der Waals surface area (Å²) in [6.45, 7) is 4.32. The Balaban J connectivity index is 1.60. The number of rotatable bonds is 3. The van der Waals surface area contributed by atoms with Gasteiger partial charge < -0.3 is 23.6 Å². The Morgan fingerprint density at radius 1 is 1.10 bits per heavy atom. The van der Waals surface area contributed by atoms with Crippen molar-refractivity contribution in [2.45, 2.75) is 25.6 Å². The van der Waals surface area contributed by atoms with Gasteiger partial charge in [0.2, 0.25) is 0 Å². The highest BCUT2D eigenvalue weighted by molar-refractivity contribution is 5.89. The highest BCUT2D eigenvalue weighted by Crippen LogP contribution is 2.38. The Labute approximate surface area is 166 Å². The predicted octanol–water partition coefficient (Wildman–Crippen LogP) is 3.08. The summed E-state index contributed by atoms with van der Waals surface area (Å²) in [5, 5.41) is 4.50. The van der Waals surface area contributed by atoms with E-state index >= 15 is 0 Å². The summed E-state index contributed by atoms with van der Waals surface area (Å²) in [6, 6.07) is 4.90. The highest BCUT2D eigenvalue weighted by Gasteiger charge is 2.40. The van der Waals surface area contributed by atoms with E-state index in [-0.39, 0.29) is 5.52 Å². The maximum Gasteiger partial charge on any atom is 0.261 e. The van der Waals surface area contributed by atoms with Gasteiger partial charge in [-0.1, -0.05) is 5.16 Å². The Morgan fingerprint density at radius 2 is 1.86 bits per heavy atom. The molecule has 0 saturated carbocycles. The topological polar surface area (TPSA) is 82.7 Å². The Kier molecular flexibility index (Phi) is 4.36. The summed E-state index contributed by atoms with van der Waals surface area (Å²) < 4.78 is 36.9. The van der Waals surface area contributed by atoms with E-state index in [1.807, 2.05) is 6.07 Å². The fraction of sp³-hybridized carbons (Fsp3) is 0.450. The molecule has 0 aliphatic carbocycles. The lowest BCUT2D eigenvalue weighted by molar-refractivity contribution is -0.169. The van der Waals surface area contributed by atoms with Crippen LogP contribution in [0, 0.1) is 12.7 Å². The smallest absolute Gasteiger partial charge is 0.261 e. The zero-order chi connectivity index (χ0) is 20.0. The second-order valence-corrected chi connectivity index (χ2v) is 7.28. The van der Waals surface area contributed by atoms with Gasteiger partial charge in [-0.15, -0.1) is 0 Å². The second kappa shape index (κ2) is 6.93. The first kappa shape index (κ1) is 18.3. The van der Waals surface area contributed by atoms with Crippen molar-refractivity contribution < 1.29 is 23.1 Å².